The number of nitrogens with one attached hydrogen (secondary N) is 1. The predicted octanol–water partition coefficient (Wildman–Crippen LogP) is 4.20. The van der Waals surface area contributed by atoms with Gasteiger partial charge in [-0.25, -0.2) is 4.98 Å². The summed E-state index contributed by atoms with van der Waals surface area (Å²) < 4.78 is 6.70. The summed E-state index contributed by atoms with van der Waals surface area (Å²) in [5.74, 6) is -0.112. The summed E-state index contributed by atoms with van der Waals surface area (Å²) in [5.41, 5.74) is 3.72. The largest absolute Gasteiger partial charge is 0.497 e. The first-order valence-corrected chi connectivity index (χ1v) is 10.8. The first kappa shape index (κ1) is 22.9. The van der Waals surface area contributed by atoms with Crippen LogP contribution in [0.5, 0.6) is 5.75 Å². The molecule has 0 radical (unpaired) electrons. The van der Waals surface area contributed by atoms with Crippen LogP contribution in [0, 0.1) is 20.8 Å². The molecule has 0 saturated heterocycles. The van der Waals surface area contributed by atoms with Crippen LogP contribution in [-0.2, 0) is 11.3 Å². The number of carbonyl (C=O) groups is 2. The second kappa shape index (κ2) is 9.31. The molecular weight excluding hydrogens is 430 g/mol. The predicted molar refractivity (Wildman–Crippen MR) is 132 cm³/mol. The molecule has 0 fully saturated rings. The molecule has 4 rings (SSSR count). The van der Waals surface area contributed by atoms with E-state index in [9.17, 15) is 14.4 Å². The van der Waals surface area contributed by atoms with Crippen molar-refractivity contribution in [2.24, 2.45) is 0 Å². The Kier molecular flexibility index (Phi) is 6.27. The molecule has 0 unspecified atom stereocenters. The number of benzene rings is 2. The van der Waals surface area contributed by atoms with E-state index < -0.39 is 11.2 Å². The Bertz CT molecular complexity index is 1470. The SMILES string of the molecule is COc1ccc(C(=O)c2cn(CC(=O)Nc3cccc(C)c3C)c3nc(C)ccc3c2=O)cc1. The molecular formula is C27H25N3O4. The van der Waals surface area contributed by atoms with Gasteiger partial charge >= 0.3 is 0 Å². The van der Waals surface area contributed by atoms with Crippen molar-refractivity contribution in [3.8, 4) is 5.75 Å². The number of hydrogen-bond donors (Lipinski definition) is 1. The summed E-state index contributed by atoms with van der Waals surface area (Å²) in [6.07, 6.45) is 1.42. The molecule has 7 nitrogen and oxygen atoms in total. The van der Waals surface area contributed by atoms with Gasteiger partial charge in [0, 0.05) is 23.1 Å². The molecule has 0 aliphatic rings. The third-order valence-corrected chi connectivity index (χ3v) is 5.85. The molecule has 1 N–H and O–H groups in total. The van der Waals surface area contributed by atoms with E-state index >= 15 is 0 Å². The molecule has 0 aliphatic carbocycles. The summed E-state index contributed by atoms with van der Waals surface area (Å²) in [6, 6.07) is 15.6. The van der Waals surface area contributed by atoms with Crippen molar-refractivity contribution in [3.05, 3.63) is 99.0 Å². The first-order chi connectivity index (χ1) is 16.3. The summed E-state index contributed by atoms with van der Waals surface area (Å²) in [6.45, 7) is 5.62. The standard InChI is InChI=1S/C27H25N3O4/c1-16-6-5-7-23(18(16)3)29-24(31)15-30-14-22(25(32)19-9-11-20(34-4)12-10-19)26(33)21-13-8-17(2)28-27(21)30/h5-14H,15H2,1-4H3,(H,29,31). The molecule has 34 heavy (non-hydrogen) atoms. The minimum Gasteiger partial charge on any atom is -0.497 e. The minimum atomic E-state index is -0.432. The van der Waals surface area contributed by atoms with Gasteiger partial charge in [-0.1, -0.05) is 12.1 Å². The molecule has 0 atom stereocenters. The fraction of sp³-hybridized carbons (Fsp3) is 0.185. The van der Waals surface area contributed by atoms with Crippen molar-refractivity contribution in [1.29, 1.82) is 0 Å². The maximum absolute atomic E-state index is 13.2. The maximum Gasteiger partial charge on any atom is 0.244 e. The van der Waals surface area contributed by atoms with E-state index in [0.29, 0.717) is 28.3 Å². The van der Waals surface area contributed by atoms with Gasteiger partial charge < -0.3 is 14.6 Å². The Balaban J connectivity index is 1.76. The zero-order valence-electron chi connectivity index (χ0n) is 19.5. The highest BCUT2D eigenvalue weighted by Crippen LogP contribution is 2.19. The monoisotopic (exact) mass is 455 g/mol. The number of pyridine rings is 2. The Labute approximate surface area is 197 Å². The molecule has 2 aromatic heterocycles. The van der Waals surface area contributed by atoms with Crippen LogP contribution >= 0.6 is 0 Å². The lowest BCUT2D eigenvalue weighted by Crippen LogP contribution is -2.25. The van der Waals surface area contributed by atoms with Gasteiger partial charge in [0.25, 0.3) is 0 Å². The average Bonchev–Trinajstić information content (AvgIpc) is 2.83. The summed E-state index contributed by atoms with van der Waals surface area (Å²) in [5, 5.41) is 3.20. The number of fused-ring (bicyclic) bond motifs is 1. The zero-order chi connectivity index (χ0) is 24.4. The summed E-state index contributed by atoms with van der Waals surface area (Å²) >= 11 is 0. The van der Waals surface area contributed by atoms with Gasteiger partial charge in [0.15, 0.2) is 5.78 Å². The topological polar surface area (TPSA) is 90.3 Å². The summed E-state index contributed by atoms with van der Waals surface area (Å²) in [4.78, 5) is 43.8. The molecule has 0 bridgehead atoms. The minimum absolute atomic E-state index is 0.0251. The molecule has 0 saturated carbocycles. The molecule has 1 amide bonds. The van der Waals surface area contributed by atoms with E-state index in [0.717, 1.165) is 11.1 Å². The lowest BCUT2D eigenvalue weighted by Gasteiger charge is -2.14. The fourth-order valence-corrected chi connectivity index (χ4v) is 3.77. The van der Waals surface area contributed by atoms with Crippen LogP contribution in [0.2, 0.25) is 0 Å². The number of nitrogens with zero attached hydrogens (tertiary/aromatic N) is 2. The number of hydrogen-bond acceptors (Lipinski definition) is 5. The number of ketones is 1. The van der Waals surface area contributed by atoms with E-state index in [1.54, 1.807) is 47.9 Å². The van der Waals surface area contributed by atoms with Crippen molar-refractivity contribution < 1.29 is 14.3 Å². The number of aryl methyl sites for hydroxylation is 2. The first-order valence-electron chi connectivity index (χ1n) is 10.8. The van der Waals surface area contributed by atoms with Crippen LogP contribution in [0.1, 0.15) is 32.7 Å². The third kappa shape index (κ3) is 4.45. The van der Waals surface area contributed by atoms with E-state index in [1.165, 1.54) is 13.3 Å². The highest BCUT2D eigenvalue weighted by molar-refractivity contribution is 6.10. The second-order valence-corrected chi connectivity index (χ2v) is 8.18. The van der Waals surface area contributed by atoms with E-state index in [4.69, 9.17) is 4.74 Å². The van der Waals surface area contributed by atoms with Gasteiger partial charge in [-0.15, -0.1) is 0 Å². The highest BCUT2D eigenvalue weighted by Gasteiger charge is 2.19. The van der Waals surface area contributed by atoms with Gasteiger partial charge in [0.2, 0.25) is 11.3 Å². The maximum atomic E-state index is 13.2. The smallest absolute Gasteiger partial charge is 0.244 e. The Hall–Kier alpha value is -4.26. The van der Waals surface area contributed by atoms with Crippen LogP contribution in [0.15, 0.2) is 65.6 Å². The lowest BCUT2D eigenvalue weighted by molar-refractivity contribution is -0.116. The Morgan fingerprint density at radius 1 is 1.00 bits per heavy atom. The van der Waals surface area contributed by atoms with Gasteiger partial charge in [-0.3, -0.25) is 14.4 Å². The highest BCUT2D eigenvalue weighted by atomic mass is 16.5. The zero-order valence-corrected chi connectivity index (χ0v) is 19.5. The van der Waals surface area contributed by atoms with E-state index in [2.05, 4.69) is 10.3 Å². The van der Waals surface area contributed by atoms with Crippen LogP contribution in [0.4, 0.5) is 5.69 Å². The van der Waals surface area contributed by atoms with Crippen molar-refractivity contribution in [1.82, 2.24) is 9.55 Å². The summed E-state index contributed by atoms with van der Waals surface area (Å²) in [7, 11) is 1.54. The second-order valence-electron chi connectivity index (χ2n) is 8.18. The molecule has 0 spiro atoms. The fourth-order valence-electron chi connectivity index (χ4n) is 3.77. The van der Waals surface area contributed by atoms with Crippen molar-refractivity contribution in [2.75, 3.05) is 12.4 Å². The lowest BCUT2D eigenvalue weighted by atomic mass is 10.0. The molecule has 7 heteroatoms. The number of methoxy groups -OCH3 is 1. The van der Waals surface area contributed by atoms with Gasteiger partial charge in [-0.05, 0) is 74.4 Å². The van der Waals surface area contributed by atoms with Gasteiger partial charge in [-0.2, -0.15) is 0 Å². The number of amides is 1. The normalized spacial score (nSPS) is 10.8. The molecule has 172 valence electrons. The average molecular weight is 456 g/mol. The Morgan fingerprint density at radius 2 is 1.74 bits per heavy atom. The number of rotatable bonds is 6. The number of aromatic nitrogens is 2. The van der Waals surface area contributed by atoms with Crippen molar-refractivity contribution in [3.63, 3.8) is 0 Å². The Morgan fingerprint density at radius 3 is 2.44 bits per heavy atom. The molecule has 0 aliphatic heterocycles. The van der Waals surface area contributed by atoms with Crippen LogP contribution in [-0.4, -0.2) is 28.4 Å². The molecule has 2 heterocycles. The van der Waals surface area contributed by atoms with Crippen LogP contribution in [0.25, 0.3) is 11.0 Å². The number of ether oxygens (including phenoxy) is 1. The van der Waals surface area contributed by atoms with Gasteiger partial charge in [0.05, 0.1) is 18.1 Å². The number of anilines is 1. The number of carbonyl (C=O) groups excluding carboxylic acids is 2. The van der Waals surface area contributed by atoms with Crippen LogP contribution < -0.4 is 15.5 Å². The van der Waals surface area contributed by atoms with E-state index in [1.807, 2.05) is 32.0 Å². The van der Waals surface area contributed by atoms with Crippen LogP contribution in [0.3, 0.4) is 0 Å². The van der Waals surface area contributed by atoms with Crippen molar-refractivity contribution in [2.45, 2.75) is 27.3 Å². The molecule has 2 aromatic carbocycles. The van der Waals surface area contributed by atoms with Crippen molar-refractivity contribution >= 4 is 28.4 Å². The van der Waals surface area contributed by atoms with E-state index in [-0.39, 0.29) is 23.4 Å². The third-order valence-electron chi connectivity index (χ3n) is 5.85. The quantitative estimate of drug-likeness (QED) is 0.440. The molecule has 4 aromatic rings. The van der Waals surface area contributed by atoms with Gasteiger partial charge in [0.1, 0.15) is 17.9 Å².